The number of nitrogens with zero attached hydrogens (tertiary/aromatic N) is 1. The van der Waals surface area contributed by atoms with Gasteiger partial charge in [0.15, 0.2) is 0 Å². The average molecular weight is 196 g/mol. The summed E-state index contributed by atoms with van der Waals surface area (Å²) in [6.07, 6.45) is 0. The van der Waals surface area contributed by atoms with Crippen LogP contribution >= 0.6 is 11.6 Å². The Hall–Kier alpha value is -1.15. The first-order valence-corrected chi connectivity index (χ1v) is 4.28. The van der Waals surface area contributed by atoms with E-state index in [9.17, 15) is 4.39 Å². The molecule has 0 aliphatic heterocycles. The van der Waals surface area contributed by atoms with Crippen LogP contribution in [-0.2, 0) is 6.67 Å². The first-order valence-electron chi connectivity index (χ1n) is 3.91. The van der Waals surface area contributed by atoms with Gasteiger partial charge in [-0.2, -0.15) is 0 Å². The Balaban J connectivity index is 2.68. The van der Waals surface area contributed by atoms with E-state index in [0.717, 1.165) is 10.9 Å². The lowest BCUT2D eigenvalue weighted by atomic mass is 10.2. The maximum atomic E-state index is 12.3. The van der Waals surface area contributed by atoms with Gasteiger partial charge in [0.1, 0.15) is 6.67 Å². The number of hydrogen-bond acceptors (Lipinski definition) is 1. The minimum atomic E-state index is -0.539. The van der Waals surface area contributed by atoms with Crippen molar-refractivity contribution >= 4 is 22.5 Å². The summed E-state index contributed by atoms with van der Waals surface area (Å²) in [5.74, 6) is 0. The van der Waals surface area contributed by atoms with Crippen LogP contribution in [0, 0.1) is 0 Å². The van der Waals surface area contributed by atoms with E-state index in [2.05, 4.69) is 4.98 Å². The predicted octanol–water partition coefficient (Wildman–Crippen LogP) is 3.36. The summed E-state index contributed by atoms with van der Waals surface area (Å²) >= 11 is 5.78. The fourth-order valence-corrected chi connectivity index (χ4v) is 1.37. The summed E-state index contributed by atoms with van der Waals surface area (Å²) in [6, 6.07) is 8.91. The molecule has 1 nitrogen and oxygen atoms in total. The van der Waals surface area contributed by atoms with Crippen molar-refractivity contribution < 1.29 is 4.39 Å². The molecule has 1 heterocycles. The first kappa shape index (κ1) is 8.45. The Kier molecular flexibility index (Phi) is 2.15. The Bertz CT molecular complexity index is 442. The maximum Gasteiger partial charge on any atom is 0.131 e. The van der Waals surface area contributed by atoms with Crippen LogP contribution in [0.4, 0.5) is 4.39 Å². The second kappa shape index (κ2) is 3.30. The van der Waals surface area contributed by atoms with E-state index in [0.29, 0.717) is 10.7 Å². The molecule has 0 saturated carbocycles. The van der Waals surface area contributed by atoms with Gasteiger partial charge >= 0.3 is 0 Å². The Morgan fingerprint density at radius 3 is 2.77 bits per heavy atom. The van der Waals surface area contributed by atoms with E-state index in [-0.39, 0.29) is 0 Å². The Morgan fingerprint density at radius 1 is 1.23 bits per heavy atom. The van der Waals surface area contributed by atoms with Crippen LogP contribution in [-0.4, -0.2) is 4.98 Å². The minimum Gasteiger partial charge on any atom is -0.250 e. The lowest BCUT2D eigenvalue weighted by Gasteiger charge is -1.99. The van der Waals surface area contributed by atoms with Crippen molar-refractivity contribution in [2.75, 3.05) is 0 Å². The highest BCUT2D eigenvalue weighted by Gasteiger charge is 1.98. The van der Waals surface area contributed by atoms with Crippen molar-refractivity contribution in [1.82, 2.24) is 4.98 Å². The number of hydrogen-bond donors (Lipinski definition) is 0. The molecule has 0 aliphatic rings. The SMILES string of the molecule is FCc1ccc2ccc(Cl)cc2n1. The van der Waals surface area contributed by atoms with E-state index < -0.39 is 6.67 Å². The summed E-state index contributed by atoms with van der Waals surface area (Å²) in [6.45, 7) is -0.539. The van der Waals surface area contributed by atoms with Crippen LogP contribution in [0.25, 0.3) is 10.9 Å². The van der Waals surface area contributed by atoms with Crippen LogP contribution in [0.5, 0.6) is 0 Å². The zero-order valence-electron chi connectivity index (χ0n) is 6.80. The lowest BCUT2D eigenvalue weighted by Crippen LogP contribution is -1.86. The molecule has 0 N–H and O–H groups in total. The molecule has 0 atom stereocenters. The smallest absolute Gasteiger partial charge is 0.131 e. The normalized spacial score (nSPS) is 10.6. The molecule has 0 unspecified atom stereocenters. The summed E-state index contributed by atoms with van der Waals surface area (Å²) in [5, 5.41) is 1.60. The monoisotopic (exact) mass is 195 g/mol. The second-order valence-corrected chi connectivity index (χ2v) is 3.21. The van der Waals surface area contributed by atoms with Gasteiger partial charge in [0.05, 0.1) is 11.2 Å². The Morgan fingerprint density at radius 2 is 2.00 bits per heavy atom. The molecule has 2 aromatic rings. The summed E-state index contributed by atoms with van der Waals surface area (Å²) < 4.78 is 12.3. The number of alkyl halides is 1. The van der Waals surface area contributed by atoms with Crippen LogP contribution < -0.4 is 0 Å². The van der Waals surface area contributed by atoms with Crippen molar-refractivity contribution in [3.05, 3.63) is 41.0 Å². The number of benzene rings is 1. The zero-order valence-corrected chi connectivity index (χ0v) is 7.55. The number of halogens is 2. The molecule has 13 heavy (non-hydrogen) atoms. The number of rotatable bonds is 1. The van der Waals surface area contributed by atoms with Gasteiger partial charge in [-0.05, 0) is 18.2 Å². The largest absolute Gasteiger partial charge is 0.250 e. The fourth-order valence-electron chi connectivity index (χ4n) is 1.21. The van der Waals surface area contributed by atoms with E-state index in [1.165, 1.54) is 0 Å². The van der Waals surface area contributed by atoms with Gasteiger partial charge in [-0.3, -0.25) is 0 Å². The van der Waals surface area contributed by atoms with Crippen molar-refractivity contribution in [3.63, 3.8) is 0 Å². The fraction of sp³-hybridized carbons (Fsp3) is 0.100. The van der Waals surface area contributed by atoms with Gasteiger partial charge in [0.2, 0.25) is 0 Å². The van der Waals surface area contributed by atoms with Crippen molar-refractivity contribution in [2.45, 2.75) is 6.67 Å². The molecule has 1 aromatic heterocycles. The lowest BCUT2D eigenvalue weighted by molar-refractivity contribution is 0.477. The molecule has 0 aliphatic carbocycles. The molecule has 1 aromatic carbocycles. The van der Waals surface area contributed by atoms with Crippen LogP contribution in [0.1, 0.15) is 5.69 Å². The standard InChI is InChI=1S/C10H7ClFN/c11-8-3-1-7-2-4-9(6-12)13-10(7)5-8/h1-5H,6H2. The topological polar surface area (TPSA) is 12.9 Å². The Labute approximate surface area is 80.2 Å². The molecule has 0 amide bonds. The quantitative estimate of drug-likeness (QED) is 0.680. The molecule has 0 saturated heterocycles. The summed E-state index contributed by atoms with van der Waals surface area (Å²) in [5.41, 5.74) is 1.18. The van der Waals surface area contributed by atoms with Crippen molar-refractivity contribution in [1.29, 1.82) is 0 Å². The van der Waals surface area contributed by atoms with E-state index in [1.54, 1.807) is 18.2 Å². The maximum absolute atomic E-state index is 12.3. The third-order valence-corrected chi connectivity index (χ3v) is 2.08. The van der Waals surface area contributed by atoms with Gasteiger partial charge in [-0.25, -0.2) is 9.37 Å². The summed E-state index contributed by atoms with van der Waals surface area (Å²) in [4.78, 5) is 4.10. The van der Waals surface area contributed by atoms with Crippen LogP contribution in [0.2, 0.25) is 5.02 Å². The molecule has 0 bridgehead atoms. The second-order valence-electron chi connectivity index (χ2n) is 2.77. The number of fused-ring (bicyclic) bond motifs is 1. The minimum absolute atomic E-state index is 0.440. The first-order chi connectivity index (χ1) is 6.29. The highest BCUT2D eigenvalue weighted by atomic mass is 35.5. The highest BCUT2D eigenvalue weighted by molar-refractivity contribution is 6.31. The van der Waals surface area contributed by atoms with Crippen molar-refractivity contribution in [2.24, 2.45) is 0 Å². The molecule has 66 valence electrons. The van der Waals surface area contributed by atoms with E-state index in [4.69, 9.17) is 11.6 Å². The average Bonchev–Trinajstić information content (AvgIpc) is 2.16. The third kappa shape index (κ3) is 1.63. The van der Waals surface area contributed by atoms with Gasteiger partial charge in [-0.1, -0.05) is 23.7 Å². The van der Waals surface area contributed by atoms with Gasteiger partial charge in [-0.15, -0.1) is 0 Å². The van der Waals surface area contributed by atoms with Crippen LogP contribution in [0.15, 0.2) is 30.3 Å². The van der Waals surface area contributed by atoms with E-state index in [1.807, 2.05) is 12.1 Å². The number of pyridine rings is 1. The van der Waals surface area contributed by atoms with Crippen molar-refractivity contribution in [3.8, 4) is 0 Å². The third-order valence-electron chi connectivity index (χ3n) is 1.85. The predicted molar refractivity (Wildman–Crippen MR) is 51.6 cm³/mol. The zero-order chi connectivity index (χ0) is 9.26. The number of aromatic nitrogens is 1. The molecule has 0 radical (unpaired) electrons. The molecule has 2 rings (SSSR count). The van der Waals surface area contributed by atoms with Gasteiger partial charge in [0.25, 0.3) is 0 Å². The molecular formula is C10H7ClFN. The molecule has 3 heteroatoms. The molecule has 0 fully saturated rings. The molecule has 0 spiro atoms. The van der Waals surface area contributed by atoms with Gasteiger partial charge in [0, 0.05) is 10.4 Å². The van der Waals surface area contributed by atoms with Gasteiger partial charge < -0.3 is 0 Å². The summed E-state index contributed by atoms with van der Waals surface area (Å²) in [7, 11) is 0. The van der Waals surface area contributed by atoms with Crippen LogP contribution in [0.3, 0.4) is 0 Å². The highest BCUT2D eigenvalue weighted by Crippen LogP contribution is 2.18. The molecular weight excluding hydrogens is 189 g/mol. The van der Waals surface area contributed by atoms with E-state index >= 15 is 0 Å².